The average Bonchev–Trinajstić information content (AvgIpc) is 3.13. The Morgan fingerprint density at radius 2 is 2.20 bits per heavy atom. The number of aliphatic hydroxyl groups is 1. The number of thiazole rings is 1. The quantitative estimate of drug-likeness (QED) is 0.706. The van der Waals surface area contributed by atoms with Crippen LogP contribution in [0.5, 0.6) is 0 Å². The van der Waals surface area contributed by atoms with E-state index in [9.17, 15) is 9.90 Å². The fraction of sp³-hybridized carbons (Fsp3) is 0.389. The van der Waals surface area contributed by atoms with Gasteiger partial charge in [-0.25, -0.2) is 4.98 Å². The van der Waals surface area contributed by atoms with Gasteiger partial charge in [-0.2, -0.15) is 0 Å². The van der Waals surface area contributed by atoms with Gasteiger partial charge in [-0.05, 0) is 42.9 Å². The Morgan fingerprint density at radius 1 is 1.40 bits per heavy atom. The first-order chi connectivity index (χ1) is 12.2. The number of hydrogen-bond acceptors (Lipinski definition) is 5. The summed E-state index contributed by atoms with van der Waals surface area (Å²) in [5.41, 5.74) is 1.92. The predicted molar refractivity (Wildman–Crippen MR) is 95.4 cm³/mol. The molecule has 0 radical (unpaired) electrons. The standard InChI is InChI=1S/C18H20N4O2S/c23-15-8-13(9-15)16(7-12-1-3-19-4-2-12)21-17(24)10-14-11-22-5-6-25-18(22)20-14/h1-6,11,13,15-16,23H,7-10H2,(H,21,24). The topological polar surface area (TPSA) is 79.5 Å². The Kier molecular flexibility index (Phi) is 4.50. The van der Waals surface area contributed by atoms with Crippen LogP contribution in [0.25, 0.3) is 4.96 Å². The number of nitrogens with one attached hydrogen (secondary N) is 1. The van der Waals surface area contributed by atoms with Gasteiger partial charge in [-0.1, -0.05) is 0 Å². The summed E-state index contributed by atoms with van der Waals surface area (Å²) in [6, 6.07) is 3.97. The van der Waals surface area contributed by atoms with Crippen LogP contribution in [0.1, 0.15) is 24.1 Å². The van der Waals surface area contributed by atoms with Crippen molar-refractivity contribution in [2.45, 2.75) is 37.8 Å². The van der Waals surface area contributed by atoms with Gasteiger partial charge in [0.05, 0.1) is 18.2 Å². The molecule has 7 heteroatoms. The maximum Gasteiger partial charge on any atom is 0.226 e. The third-order valence-corrected chi connectivity index (χ3v) is 5.53. The van der Waals surface area contributed by atoms with E-state index >= 15 is 0 Å². The highest BCUT2D eigenvalue weighted by molar-refractivity contribution is 7.15. The summed E-state index contributed by atoms with van der Waals surface area (Å²) in [6.45, 7) is 0. The molecule has 4 rings (SSSR count). The van der Waals surface area contributed by atoms with Crippen LogP contribution in [-0.4, -0.2) is 37.5 Å². The highest BCUT2D eigenvalue weighted by atomic mass is 32.1. The minimum Gasteiger partial charge on any atom is -0.393 e. The van der Waals surface area contributed by atoms with E-state index < -0.39 is 0 Å². The highest BCUT2D eigenvalue weighted by Crippen LogP contribution is 2.31. The molecule has 3 aromatic rings. The first kappa shape index (κ1) is 16.2. The lowest BCUT2D eigenvalue weighted by atomic mass is 9.75. The van der Waals surface area contributed by atoms with Crippen molar-refractivity contribution in [2.24, 2.45) is 5.92 Å². The van der Waals surface area contributed by atoms with Gasteiger partial charge in [0.2, 0.25) is 5.91 Å². The zero-order valence-corrected chi connectivity index (χ0v) is 14.5. The molecule has 1 fully saturated rings. The second-order valence-corrected chi connectivity index (χ2v) is 7.49. The Hall–Kier alpha value is -2.25. The molecule has 1 amide bonds. The molecule has 1 aliphatic rings. The largest absolute Gasteiger partial charge is 0.393 e. The number of fused-ring (bicyclic) bond motifs is 1. The number of amides is 1. The minimum atomic E-state index is -0.234. The maximum absolute atomic E-state index is 12.5. The molecule has 2 N–H and O–H groups in total. The summed E-state index contributed by atoms with van der Waals surface area (Å²) in [5.74, 6) is 0.295. The molecule has 1 unspecified atom stereocenters. The van der Waals surface area contributed by atoms with Crippen molar-refractivity contribution in [2.75, 3.05) is 0 Å². The molecule has 0 aliphatic heterocycles. The fourth-order valence-corrected chi connectivity index (χ4v) is 4.07. The van der Waals surface area contributed by atoms with E-state index in [2.05, 4.69) is 15.3 Å². The Balaban J connectivity index is 1.42. The Bertz CT molecular complexity index is 826. The molecule has 1 atom stereocenters. The third kappa shape index (κ3) is 3.72. The number of rotatable bonds is 6. The van der Waals surface area contributed by atoms with E-state index in [0.29, 0.717) is 5.92 Å². The summed E-state index contributed by atoms with van der Waals surface area (Å²) >= 11 is 1.56. The smallest absolute Gasteiger partial charge is 0.226 e. The van der Waals surface area contributed by atoms with E-state index in [0.717, 1.165) is 35.5 Å². The van der Waals surface area contributed by atoms with Gasteiger partial charge in [0.15, 0.2) is 4.96 Å². The van der Waals surface area contributed by atoms with E-state index in [4.69, 9.17) is 0 Å². The second kappa shape index (κ2) is 6.93. The molecule has 3 heterocycles. The van der Waals surface area contributed by atoms with Crippen molar-refractivity contribution in [1.29, 1.82) is 0 Å². The lowest BCUT2D eigenvalue weighted by molar-refractivity contribution is -0.122. The number of aromatic nitrogens is 3. The van der Waals surface area contributed by atoms with E-state index in [1.54, 1.807) is 23.7 Å². The van der Waals surface area contributed by atoms with Crippen molar-refractivity contribution in [3.63, 3.8) is 0 Å². The van der Waals surface area contributed by atoms with Crippen LogP contribution in [0.3, 0.4) is 0 Å². The fourth-order valence-electron chi connectivity index (χ4n) is 3.35. The van der Waals surface area contributed by atoms with Crippen LogP contribution >= 0.6 is 11.3 Å². The molecule has 0 saturated heterocycles. The minimum absolute atomic E-state index is 0.0220. The monoisotopic (exact) mass is 356 g/mol. The highest BCUT2D eigenvalue weighted by Gasteiger charge is 2.34. The van der Waals surface area contributed by atoms with Crippen molar-refractivity contribution >= 4 is 22.2 Å². The number of imidazole rings is 1. The molecular formula is C18H20N4O2S. The summed E-state index contributed by atoms with van der Waals surface area (Å²) in [6.07, 6.45) is 9.66. The predicted octanol–water partition coefficient (Wildman–Crippen LogP) is 1.83. The lowest BCUT2D eigenvalue weighted by Gasteiger charge is -2.38. The van der Waals surface area contributed by atoms with Crippen LogP contribution in [0.15, 0.2) is 42.3 Å². The van der Waals surface area contributed by atoms with Gasteiger partial charge in [-0.3, -0.25) is 14.2 Å². The van der Waals surface area contributed by atoms with E-state index in [1.165, 1.54) is 0 Å². The van der Waals surface area contributed by atoms with Crippen molar-refractivity contribution in [3.05, 3.63) is 53.6 Å². The van der Waals surface area contributed by atoms with Gasteiger partial charge < -0.3 is 10.4 Å². The molecular weight excluding hydrogens is 336 g/mol. The molecule has 0 spiro atoms. The Morgan fingerprint density at radius 3 is 2.92 bits per heavy atom. The zero-order valence-electron chi connectivity index (χ0n) is 13.7. The van der Waals surface area contributed by atoms with Gasteiger partial charge in [0.1, 0.15) is 0 Å². The molecule has 0 aromatic carbocycles. The van der Waals surface area contributed by atoms with Gasteiger partial charge >= 0.3 is 0 Å². The number of hydrogen-bond donors (Lipinski definition) is 2. The summed E-state index contributed by atoms with van der Waals surface area (Å²) < 4.78 is 1.93. The number of aliphatic hydroxyl groups excluding tert-OH is 1. The zero-order chi connectivity index (χ0) is 17.2. The second-order valence-electron chi connectivity index (χ2n) is 6.62. The maximum atomic E-state index is 12.5. The van der Waals surface area contributed by atoms with Crippen LogP contribution < -0.4 is 5.32 Å². The van der Waals surface area contributed by atoms with Gasteiger partial charge in [-0.15, -0.1) is 11.3 Å². The lowest BCUT2D eigenvalue weighted by Crippen LogP contribution is -2.48. The van der Waals surface area contributed by atoms with Gasteiger partial charge in [0.25, 0.3) is 0 Å². The summed E-state index contributed by atoms with van der Waals surface area (Å²) in [7, 11) is 0. The number of carbonyl (C=O) groups is 1. The molecule has 1 saturated carbocycles. The van der Waals surface area contributed by atoms with Crippen molar-refractivity contribution in [1.82, 2.24) is 19.7 Å². The normalized spacial score (nSPS) is 21.0. The molecule has 6 nitrogen and oxygen atoms in total. The third-order valence-electron chi connectivity index (χ3n) is 4.75. The molecule has 1 aliphatic carbocycles. The number of carbonyl (C=O) groups excluding carboxylic acids is 1. The molecule has 25 heavy (non-hydrogen) atoms. The molecule has 130 valence electrons. The number of pyridine rings is 1. The van der Waals surface area contributed by atoms with Crippen molar-refractivity contribution < 1.29 is 9.90 Å². The van der Waals surface area contributed by atoms with Crippen LogP contribution in [0.2, 0.25) is 0 Å². The van der Waals surface area contributed by atoms with Crippen LogP contribution in [0, 0.1) is 5.92 Å². The molecule has 3 aromatic heterocycles. The van der Waals surface area contributed by atoms with Crippen LogP contribution in [0.4, 0.5) is 0 Å². The van der Waals surface area contributed by atoms with E-state index in [-0.39, 0.29) is 24.5 Å². The first-order valence-corrected chi connectivity index (χ1v) is 9.33. The van der Waals surface area contributed by atoms with Crippen LogP contribution in [-0.2, 0) is 17.6 Å². The SMILES string of the molecule is O=C(Cc1cn2ccsc2n1)NC(Cc1ccncc1)C1CC(O)C1. The summed E-state index contributed by atoms with van der Waals surface area (Å²) in [4.78, 5) is 21.9. The van der Waals surface area contributed by atoms with Crippen molar-refractivity contribution in [3.8, 4) is 0 Å². The number of nitrogens with zero attached hydrogens (tertiary/aromatic N) is 3. The van der Waals surface area contributed by atoms with Gasteiger partial charge in [0, 0.05) is 36.2 Å². The Labute approximate surface area is 149 Å². The average molecular weight is 356 g/mol. The van der Waals surface area contributed by atoms with E-state index in [1.807, 2.05) is 34.3 Å². The first-order valence-electron chi connectivity index (χ1n) is 8.45. The molecule has 0 bridgehead atoms. The summed E-state index contributed by atoms with van der Waals surface area (Å²) in [5, 5.41) is 14.8.